The first-order valence-corrected chi connectivity index (χ1v) is 6.01. The van der Waals surface area contributed by atoms with E-state index in [9.17, 15) is 9.90 Å². The third-order valence-electron chi connectivity index (χ3n) is 3.55. The smallest absolute Gasteiger partial charge is 0.120 e. The van der Waals surface area contributed by atoms with Crippen molar-refractivity contribution in [1.29, 1.82) is 0 Å². The molecule has 0 bridgehead atoms. The van der Waals surface area contributed by atoms with E-state index in [1.807, 2.05) is 6.07 Å². The molecule has 2 rings (SSSR count). The molecule has 86 valence electrons. The van der Waals surface area contributed by atoms with Crippen LogP contribution in [-0.2, 0) is 24.1 Å². The molecule has 1 N–H and O–H groups in total. The molecule has 0 amide bonds. The standard InChI is InChI=1S/C14H18O2/c1-10-12-6-3-2-5-11(12)9-14(16)13(10)7-4-8-15/h8-9,16H,2-7H2,1H3. The molecule has 1 aliphatic rings. The lowest BCUT2D eigenvalue weighted by Crippen LogP contribution is -2.07. The van der Waals surface area contributed by atoms with E-state index in [1.54, 1.807) is 0 Å². The van der Waals surface area contributed by atoms with E-state index in [0.29, 0.717) is 18.6 Å². The molecule has 0 saturated carbocycles. The van der Waals surface area contributed by atoms with Gasteiger partial charge in [-0.05, 0) is 67.3 Å². The summed E-state index contributed by atoms with van der Waals surface area (Å²) in [5.74, 6) is 0.375. The molecule has 1 aromatic rings. The molecular weight excluding hydrogens is 200 g/mol. The first kappa shape index (κ1) is 11.2. The number of phenolic OH excluding ortho intramolecular Hbond substituents is 1. The first-order chi connectivity index (χ1) is 7.74. The molecule has 0 spiro atoms. The van der Waals surface area contributed by atoms with Crippen LogP contribution in [0.4, 0.5) is 0 Å². The zero-order valence-corrected chi connectivity index (χ0v) is 9.75. The molecule has 0 radical (unpaired) electrons. The fourth-order valence-corrected chi connectivity index (χ4v) is 2.66. The van der Waals surface area contributed by atoms with E-state index in [4.69, 9.17) is 0 Å². The highest BCUT2D eigenvalue weighted by atomic mass is 16.3. The maximum atomic E-state index is 10.4. The topological polar surface area (TPSA) is 37.3 Å². The highest BCUT2D eigenvalue weighted by molar-refractivity contribution is 5.54. The summed E-state index contributed by atoms with van der Waals surface area (Å²) in [5, 5.41) is 9.96. The lowest BCUT2D eigenvalue weighted by atomic mass is 9.85. The van der Waals surface area contributed by atoms with Crippen LogP contribution in [0, 0.1) is 6.92 Å². The minimum Gasteiger partial charge on any atom is -0.508 e. The summed E-state index contributed by atoms with van der Waals surface area (Å²) in [4.78, 5) is 10.4. The van der Waals surface area contributed by atoms with Gasteiger partial charge in [-0.15, -0.1) is 0 Å². The highest BCUT2D eigenvalue weighted by Gasteiger charge is 2.16. The minimum atomic E-state index is 0.375. The van der Waals surface area contributed by atoms with Gasteiger partial charge in [0.15, 0.2) is 0 Å². The van der Waals surface area contributed by atoms with Crippen LogP contribution in [0.25, 0.3) is 0 Å². The highest BCUT2D eigenvalue weighted by Crippen LogP contribution is 2.33. The van der Waals surface area contributed by atoms with Crippen LogP contribution < -0.4 is 0 Å². The number of phenols is 1. The van der Waals surface area contributed by atoms with Crippen LogP contribution >= 0.6 is 0 Å². The molecule has 1 aromatic carbocycles. The van der Waals surface area contributed by atoms with Crippen molar-refractivity contribution in [2.24, 2.45) is 0 Å². The number of carbonyl (C=O) groups is 1. The molecule has 2 nitrogen and oxygen atoms in total. The van der Waals surface area contributed by atoms with E-state index < -0.39 is 0 Å². The number of benzene rings is 1. The maximum absolute atomic E-state index is 10.4. The van der Waals surface area contributed by atoms with Crippen molar-refractivity contribution in [2.45, 2.75) is 45.4 Å². The Kier molecular flexibility index (Phi) is 3.28. The molecule has 0 heterocycles. The minimum absolute atomic E-state index is 0.375. The summed E-state index contributed by atoms with van der Waals surface area (Å²) in [5.41, 5.74) is 4.88. The van der Waals surface area contributed by atoms with E-state index in [0.717, 1.165) is 24.7 Å². The number of aldehydes is 1. The van der Waals surface area contributed by atoms with Gasteiger partial charge in [0.1, 0.15) is 12.0 Å². The third-order valence-corrected chi connectivity index (χ3v) is 3.55. The van der Waals surface area contributed by atoms with Crippen LogP contribution in [0.15, 0.2) is 6.07 Å². The Morgan fingerprint density at radius 1 is 1.38 bits per heavy atom. The summed E-state index contributed by atoms with van der Waals surface area (Å²) < 4.78 is 0. The second kappa shape index (κ2) is 4.69. The van der Waals surface area contributed by atoms with Crippen LogP contribution in [0.2, 0.25) is 0 Å². The number of aromatic hydroxyl groups is 1. The van der Waals surface area contributed by atoms with Gasteiger partial charge in [0.05, 0.1) is 0 Å². The Balaban J connectivity index is 2.41. The van der Waals surface area contributed by atoms with Gasteiger partial charge in [-0.2, -0.15) is 0 Å². The molecule has 1 aliphatic carbocycles. The molecule has 0 atom stereocenters. The fraction of sp³-hybridized carbons (Fsp3) is 0.500. The lowest BCUT2D eigenvalue weighted by molar-refractivity contribution is -0.107. The Morgan fingerprint density at radius 2 is 2.12 bits per heavy atom. The summed E-state index contributed by atoms with van der Waals surface area (Å²) >= 11 is 0. The molecule has 2 heteroatoms. The zero-order valence-electron chi connectivity index (χ0n) is 9.75. The van der Waals surface area contributed by atoms with Crippen LogP contribution in [0.5, 0.6) is 5.75 Å². The summed E-state index contributed by atoms with van der Waals surface area (Å²) in [6, 6.07) is 1.90. The van der Waals surface area contributed by atoms with Gasteiger partial charge < -0.3 is 9.90 Å². The van der Waals surface area contributed by atoms with Crippen molar-refractivity contribution in [3.63, 3.8) is 0 Å². The predicted octanol–water partition coefficient (Wildman–Crippen LogP) is 2.71. The normalized spacial score (nSPS) is 14.6. The molecule has 0 saturated heterocycles. The van der Waals surface area contributed by atoms with E-state index in [2.05, 4.69) is 6.92 Å². The van der Waals surface area contributed by atoms with Gasteiger partial charge in [-0.3, -0.25) is 0 Å². The van der Waals surface area contributed by atoms with Crippen molar-refractivity contribution in [2.75, 3.05) is 0 Å². The Morgan fingerprint density at radius 3 is 2.88 bits per heavy atom. The lowest BCUT2D eigenvalue weighted by Gasteiger charge is -2.21. The molecule has 16 heavy (non-hydrogen) atoms. The van der Waals surface area contributed by atoms with E-state index >= 15 is 0 Å². The van der Waals surface area contributed by atoms with Crippen molar-refractivity contribution < 1.29 is 9.90 Å². The maximum Gasteiger partial charge on any atom is 0.120 e. The van der Waals surface area contributed by atoms with Crippen molar-refractivity contribution in [1.82, 2.24) is 0 Å². The average molecular weight is 218 g/mol. The van der Waals surface area contributed by atoms with Gasteiger partial charge in [0.25, 0.3) is 0 Å². The van der Waals surface area contributed by atoms with Gasteiger partial charge in [0.2, 0.25) is 0 Å². The SMILES string of the molecule is Cc1c(CCC=O)c(O)cc2c1CCCC2. The average Bonchev–Trinajstić information content (AvgIpc) is 2.29. The summed E-state index contributed by atoms with van der Waals surface area (Å²) in [6.07, 6.45) is 6.73. The first-order valence-electron chi connectivity index (χ1n) is 6.01. The van der Waals surface area contributed by atoms with Crippen molar-refractivity contribution in [3.05, 3.63) is 28.3 Å². The molecular formula is C14H18O2. The second-order valence-corrected chi connectivity index (χ2v) is 4.55. The molecule has 0 unspecified atom stereocenters. The Hall–Kier alpha value is -1.31. The molecule has 0 aliphatic heterocycles. The largest absolute Gasteiger partial charge is 0.508 e. The van der Waals surface area contributed by atoms with Crippen molar-refractivity contribution in [3.8, 4) is 5.75 Å². The van der Waals surface area contributed by atoms with Crippen LogP contribution in [0.3, 0.4) is 0 Å². The van der Waals surface area contributed by atoms with Crippen molar-refractivity contribution >= 4 is 6.29 Å². The number of aryl methyl sites for hydroxylation is 1. The summed E-state index contributed by atoms with van der Waals surface area (Å²) in [7, 11) is 0. The monoisotopic (exact) mass is 218 g/mol. The number of fused-ring (bicyclic) bond motifs is 1. The fourth-order valence-electron chi connectivity index (χ4n) is 2.66. The number of carbonyl (C=O) groups excluding carboxylic acids is 1. The second-order valence-electron chi connectivity index (χ2n) is 4.55. The van der Waals surface area contributed by atoms with E-state index in [1.165, 1.54) is 29.5 Å². The van der Waals surface area contributed by atoms with Gasteiger partial charge in [-0.25, -0.2) is 0 Å². The summed E-state index contributed by atoms with van der Waals surface area (Å²) in [6.45, 7) is 2.07. The zero-order chi connectivity index (χ0) is 11.5. The Labute approximate surface area is 96.3 Å². The van der Waals surface area contributed by atoms with Gasteiger partial charge in [-0.1, -0.05) is 0 Å². The van der Waals surface area contributed by atoms with Gasteiger partial charge in [0, 0.05) is 6.42 Å². The van der Waals surface area contributed by atoms with Crippen LogP contribution in [0.1, 0.15) is 41.5 Å². The number of hydrogen-bond donors (Lipinski definition) is 1. The molecule has 0 aromatic heterocycles. The molecule has 0 fully saturated rings. The van der Waals surface area contributed by atoms with Gasteiger partial charge >= 0.3 is 0 Å². The quantitative estimate of drug-likeness (QED) is 0.792. The third kappa shape index (κ3) is 1.97. The predicted molar refractivity (Wildman–Crippen MR) is 63.9 cm³/mol. The number of hydrogen-bond acceptors (Lipinski definition) is 2. The van der Waals surface area contributed by atoms with Crippen LogP contribution in [-0.4, -0.2) is 11.4 Å². The number of rotatable bonds is 3. The Bertz CT molecular complexity index is 408. The van der Waals surface area contributed by atoms with E-state index in [-0.39, 0.29) is 0 Å².